The van der Waals surface area contributed by atoms with Gasteiger partial charge in [0.2, 0.25) is 5.95 Å². The molecule has 0 fully saturated rings. The van der Waals surface area contributed by atoms with Crippen LogP contribution in [0.4, 0.5) is 5.95 Å². The van der Waals surface area contributed by atoms with Gasteiger partial charge >= 0.3 is 0 Å². The lowest BCUT2D eigenvalue weighted by atomic mass is 10.0. The van der Waals surface area contributed by atoms with Crippen molar-refractivity contribution in [2.24, 2.45) is 0 Å². The molecule has 27 heavy (non-hydrogen) atoms. The van der Waals surface area contributed by atoms with Gasteiger partial charge in [-0.15, -0.1) is 0 Å². The topological polar surface area (TPSA) is 53.1 Å². The van der Waals surface area contributed by atoms with E-state index < -0.39 is 0 Å². The summed E-state index contributed by atoms with van der Waals surface area (Å²) in [6, 6.07) is 1.97. The molecule has 0 bridgehead atoms. The van der Waals surface area contributed by atoms with Crippen LogP contribution in [0.5, 0.6) is 0 Å². The molecule has 0 radical (unpaired) electrons. The highest BCUT2D eigenvalue weighted by molar-refractivity contribution is 5.81. The Labute approximate surface area is 165 Å². The molecule has 150 valence electrons. The number of nitrogens with zero attached hydrogens (tertiary/aromatic N) is 3. The molecule has 1 atom stereocenters. The van der Waals surface area contributed by atoms with Crippen molar-refractivity contribution in [3.05, 3.63) is 48.1 Å². The van der Waals surface area contributed by atoms with Crippen molar-refractivity contribution in [1.82, 2.24) is 20.2 Å². The van der Waals surface area contributed by atoms with Crippen LogP contribution in [0.3, 0.4) is 0 Å². The Kier molecular flexibility index (Phi) is 10.9. The number of aromatic nitrogens is 2. The maximum Gasteiger partial charge on any atom is 0.223 e. The van der Waals surface area contributed by atoms with Gasteiger partial charge in [0.1, 0.15) is 6.17 Å². The molecule has 2 N–H and O–H groups in total. The second-order valence-electron chi connectivity index (χ2n) is 6.27. The van der Waals surface area contributed by atoms with E-state index in [-0.39, 0.29) is 6.17 Å². The molecule has 1 unspecified atom stereocenters. The molecular weight excluding hydrogens is 334 g/mol. The first-order valence-electron chi connectivity index (χ1n) is 10.3. The Morgan fingerprint density at radius 2 is 1.93 bits per heavy atom. The fourth-order valence-electron chi connectivity index (χ4n) is 2.62. The van der Waals surface area contributed by atoms with Crippen molar-refractivity contribution in [1.29, 1.82) is 0 Å². The molecule has 0 aliphatic carbocycles. The summed E-state index contributed by atoms with van der Waals surface area (Å²) < 4.78 is 0. The molecule has 2 aliphatic rings. The van der Waals surface area contributed by atoms with E-state index in [4.69, 9.17) is 0 Å². The predicted molar refractivity (Wildman–Crippen MR) is 117 cm³/mol. The van der Waals surface area contributed by atoms with Gasteiger partial charge in [-0.3, -0.25) is 0 Å². The van der Waals surface area contributed by atoms with Crippen LogP contribution >= 0.6 is 0 Å². The summed E-state index contributed by atoms with van der Waals surface area (Å²) >= 11 is 0. The fourth-order valence-corrected chi connectivity index (χ4v) is 2.62. The fraction of sp³-hybridized carbons (Fsp3) is 0.545. The van der Waals surface area contributed by atoms with Crippen molar-refractivity contribution in [2.45, 2.75) is 66.5 Å². The van der Waals surface area contributed by atoms with E-state index in [9.17, 15) is 0 Å². The van der Waals surface area contributed by atoms with Crippen molar-refractivity contribution in [2.75, 3.05) is 18.9 Å². The highest BCUT2D eigenvalue weighted by atomic mass is 15.3. The summed E-state index contributed by atoms with van der Waals surface area (Å²) in [5.41, 5.74) is 3.41. The Morgan fingerprint density at radius 1 is 1.19 bits per heavy atom. The minimum Gasteiger partial charge on any atom is -0.368 e. The van der Waals surface area contributed by atoms with Crippen molar-refractivity contribution >= 4 is 11.5 Å². The van der Waals surface area contributed by atoms with E-state index in [2.05, 4.69) is 71.7 Å². The first-order chi connectivity index (χ1) is 13.2. The van der Waals surface area contributed by atoms with Crippen LogP contribution < -0.4 is 10.6 Å². The lowest BCUT2D eigenvalue weighted by molar-refractivity contribution is 0.365. The molecular formula is C22H37N5. The van der Waals surface area contributed by atoms with E-state index in [1.807, 2.05) is 32.3 Å². The second kappa shape index (κ2) is 13.0. The first-order valence-corrected chi connectivity index (χ1v) is 10.3. The number of likely N-dealkylation sites (N-methyl/N-ethyl adjacent to an activating group) is 1. The zero-order valence-electron chi connectivity index (χ0n) is 17.9. The maximum atomic E-state index is 4.64. The average Bonchev–Trinajstić information content (AvgIpc) is 2.89. The van der Waals surface area contributed by atoms with Gasteiger partial charge in [-0.1, -0.05) is 59.6 Å². The van der Waals surface area contributed by atoms with Crippen LogP contribution in [0, 0.1) is 0 Å². The van der Waals surface area contributed by atoms with Crippen LogP contribution in [0.1, 0.15) is 66.0 Å². The second-order valence-corrected chi connectivity index (χ2v) is 6.27. The molecule has 2 aliphatic heterocycles. The summed E-state index contributed by atoms with van der Waals surface area (Å²) in [5, 5.41) is 6.65. The Morgan fingerprint density at radius 3 is 2.59 bits per heavy atom. The van der Waals surface area contributed by atoms with E-state index in [1.54, 1.807) is 0 Å². The standard InChI is InChI=1S/C16H21N5.C4H10.C2H6/c1-3-8-18-16-19-10-7-14(20-16)13-11-21(2)15-12(13)6-4-5-9-17-15;1-3-4-2;1-2/h5-7,9-11,15,17H,3-4,8H2,1-2H3,(H,18,19,20);3-4H2,1-2H3;1-2H3. The lowest BCUT2D eigenvalue weighted by Gasteiger charge is -2.21. The molecule has 1 aromatic heterocycles. The van der Waals surface area contributed by atoms with E-state index in [0.29, 0.717) is 5.95 Å². The molecule has 0 aromatic carbocycles. The van der Waals surface area contributed by atoms with Gasteiger partial charge in [-0.05, 0) is 25.1 Å². The Balaban J connectivity index is 0.000000541. The summed E-state index contributed by atoms with van der Waals surface area (Å²) in [4.78, 5) is 11.1. The van der Waals surface area contributed by atoms with Crippen LogP contribution in [-0.4, -0.2) is 34.6 Å². The third-order valence-electron chi connectivity index (χ3n) is 4.16. The van der Waals surface area contributed by atoms with E-state index in [1.165, 1.54) is 24.0 Å². The van der Waals surface area contributed by atoms with Gasteiger partial charge < -0.3 is 15.5 Å². The number of rotatable bonds is 5. The van der Waals surface area contributed by atoms with Crippen molar-refractivity contribution < 1.29 is 0 Å². The minimum absolute atomic E-state index is 0.195. The molecule has 0 saturated heterocycles. The number of allylic oxidation sites excluding steroid dienone is 2. The maximum absolute atomic E-state index is 4.64. The van der Waals surface area contributed by atoms with Gasteiger partial charge in [0, 0.05) is 37.1 Å². The molecule has 3 rings (SSSR count). The summed E-state index contributed by atoms with van der Waals surface area (Å²) in [6.07, 6.45) is 15.2. The molecule has 3 heterocycles. The van der Waals surface area contributed by atoms with Crippen LogP contribution in [-0.2, 0) is 0 Å². The molecule has 1 aromatic rings. The number of hydrogen-bond acceptors (Lipinski definition) is 5. The zero-order chi connectivity index (χ0) is 20.1. The van der Waals surface area contributed by atoms with Gasteiger partial charge in [0.15, 0.2) is 0 Å². The van der Waals surface area contributed by atoms with E-state index in [0.717, 1.165) is 25.1 Å². The molecule has 5 heteroatoms. The summed E-state index contributed by atoms with van der Waals surface area (Å²) in [6.45, 7) is 11.4. The Hall–Kier alpha value is -2.30. The molecule has 0 amide bonds. The third-order valence-corrected chi connectivity index (χ3v) is 4.16. The predicted octanol–water partition coefficient (Wildman–Crippen LogP) is 5.18. The van der Waals surface area contributed by atoms with Gasteiger partial charge in [-0.25, -0.2) is 9.97 Å². The number of anilines is 1. The number of nitrogens with one attached hydrogen (secondary N) is 2. The van der Waals surface area contributed by atoms with Gasteiger partial charge in [-0.2, -0.15) is 0 Å². The SMILES string of the molecule is CC.CCCC.CCCNc1nccc(C2=CN(C)C3NC=CCC=C23)n1. The van der Waals surface area contributed by atoms with Gasteiger partial charge in [0.25, 0.3) is 0 Å². The average molecular weight is 372 g/mol. The number of unbranched alkanes of at least 4 members (excludes halogenated alkanes) is 1. The summed E-state index contributed by atoms with van der Waals surface area (Å²) in [5.74, 6) is 0.696. The summed E-state index contributed by atoms with van der Waals surface area (Å²) in [7, 11) is 2.08. The molecule has 0 saturated carbocycles. The number of hydrogen-bond donors (Lipinski definition) is 2. The smallest absolute Gasteiger partial charge is 0.223 e. The minimum atomic E-state index is 0.195. The number of fused-ring (bicyclic) bond motifs is 1. The van der Waals surface area contributed by atoms with Crippen LogP contribution in [0.25, 0.3) is 5.57 Å². The Bertz CT molecular complexity index is 631. The molecule has 5 nitrogen and oxygen atoms in total. The first kappa shape index (κ1) is 22.7. The van der Waals surface area contributed by atoms with E-state index >= 15 is 0 Å². The van der Waals surface area contributed by atoms with Crippen LogP contribution in [0.15, 0.2) is 42.4 Å². The largest absolute Gasteiger partial charge is 0.368 e. The van der Waals surface area contributed by atoms with Gasteiger partial charge in [0.05, 0.1) is 5.69 Å². The quantitative estimate of drug-likeness (QED) is 0.747. The third kappa shape index (κ3) is 6.74. The van der Waals surface area contributed by atoms with Crippen LogP contribution in [0.2, 0.25) is 0 Å². The highest BCUT2D eigenvalue weighted by Crippen LogP contribution is 2.33. The molecule has 0 spiro atoms. The normalized spacial score (nSPS) is 17.1. The van der Waals surface area contributed by atoms with Crippen molar-refractivity contribution in [3.8, 4) is 0 Å². The highest BCUT2D eigenvalue weighted by Gasteiger charge is 2.28. The lowest BCUT2D eigenvalue weighted by Crippen LogP contribution is -2.35. The zero-order valence-corrected chi connectivity index (χ0v) is 17.9. The monoisotopic (exact) mass is 371 g/mol. The van der Waals surface area contributed by atoms with Crippen molar-refractivity contribution in [3.63, 3.8) is 0 Å².